The summed E-state index contributed by atoms with van der Waals surface area (Å²) < 4.78 is 41.5. The molecule has 0 aliphatic heterocycles. The Morgan fingerprint density at radius 1 is 1.06 bits per heavy atom. The molecule has 7 heteroatoms. The summed E-state index contributed by atoms with van der Waals surface area (Å²) in [7, 11) is 0. The van der Waals surface area contributed by atoms with Gasteiger partial charge in [0.25, 0.3) is 0 Å². The van der Waals surface area contributed by atoms with E-state index in [4.69, 9.17) is 11.6 Å². The second kappa shape index (κ2) is 5.53. The fourth-order valence-electron chi connectivity index (χ4n) is 1.43. The third kappa shape index (κ3) is 2.76. The third-order valence-corrected chi connectivity index (χ3v) is 6.12. The predicted molar refractivity (Wildman–Crippen MR) is 73.7 cm³/mol. The Hall–Kier alpha value is -0.0400. The lowest BCUT2D eigenvalue weighted by Crippen LogP contribution is -2.00. The quantitative estimate of drug-likeness (QED) is 0.522. The molecule has 0 amide bonds. The first kappa shape index (κ1) is 14.4. The number of thiophene rings is 1. The molecule has 1 aromatic heterocycles. The average molecular weight is 420 g/mol. The van der Waals surface area contributed by atoms with E-state index in [1.807, 2.05) is 0 Å². The van der Waals surface area contributed by atoms with Crippen molar-refractivity contribution >= 4 is 54.8 Å². The molecule has 0 aliphatic rings. The lowest BCUT2D eigenvalue weighted by Gasteiger charge is -2.10. The fourth-order valence-corrected chi connectivity index (χ4v) is 3.91. The van der Waals surface area contributed by atoms with Crippen LogP contribution in [0.3, 0.4) is 0 Å². The Balaban J connectivity index is 2.49. The van der Waals surface area contributed by atoms with E-state index in [0.29, 0.717) is 17.0 Å². The predicted octanol–water partition coefficient (Wildman–Crippen LogP) is 6.02. The number of halogens is 6. The van der Waals surface area contributed by atoms with Gasteiger partial charge in [0, 0.05) is 27.0 Å². The Bertz CT molecular complexity index is 557. The van der Waals surface area contributed by atoms with Crippen molar-refractivity contribution in [1.82, 2.24) is 0 Å². The smallest absolute Gasteiger partial charge is 0.134 e. The van der Waals surface area contributed by atoms with Crippen LogP contribution in [-0.2, 0) is 0 Å². The fraction of sp³-hybridized carbons (Fsp3) is 0.0909. The van der Waals surface area contributed by atoms with Gasteiger partial charge in [-0.25, -0.2) is 13.2 Å². The van der Waals surface area contributed by atoms with Gasteiger partial charge in [0.2, 0.25) is 0 Å². The summed E-state index contributed by atoms with van der Waals surface area (Å²) in [6, 6.07) is 2.89. The van der Waals surface area contributed by atoms with Crippen LogP contribution in [0.1, 0.15) is 15.8 Å². The molecule has 2 aromatic rings. The van der Waals surface area contributed by atoms with Gasteiger partial charge in [0.1, 0.15) is 17.5 Å². The van der Waals surface area contributed by atoms with E-state index in [2.05, 4.69) is 31.9 Å². The SMILES string of the molecule is Fc1cc(F)c(C(Cl)c2cc(Br)c(Br)s2)c(F)c1. The van der Waals surface area contributed by atoms with Crippen molar-refractivity contribution in [2.24, 2.45) is 0 Å². The van der Waals surface area contributed by atoms with Crippen LogP contribution in [0.4, 0.5) is 13.2 Å². The van der Waals surface area contributed by atoms with Crippen LogP contribution in [0.2, 0.25) is 0 Å². The Labute approximate surface area is 127 Å². The number of rotatable bonds is 2. The lowest BCUT2D eigenvalue weighted by molar-refractivity contribution is 0.526. The first-order chi connectivity index (χ1) is 8.40. The van der Waals surface area contributed by atoms with E-state index in [1.165, 1.54) is 11.3 Å². The van der Waals surface area contributed by atoms with Crippen LogP contribution in [0.5, 0.6) is 0 Å². The van der Waals surface area contributed by atoms with E-state index in [9.17, 15) is 13.2 Å². The first-order valence-corrected chi connectivity index (χ1v) is 7.47. The Morgan fingerprint density at radius 3 is 2.06 bits per heavy atom. The highest BCUT2D eigenvalue weighted by molar-refractivity contribution is 9.13. The van der Waals surface area contributed by atoms with Crippen LogP contribution < -0.4 is 0 Å². The summed E-state index contributed by atoms with van der Waals surface area (Å²) in [6.07, 6.45) is 0. The molecule has 0 spiro atoms. The molecule has 0 fully saturated rings. The van der Waals surface area contributed by atoms with Gasteiger partial charge in [0.15, 0.2) is 0 Å². The summed E-state index contributed by atoms with van der Waals surface area (Å²) in [5, 5.41) is -1.00. The van der Waals surface area contributed by atoms with Crippen LogP contribution >= 0.6 is 54.8 Å². The van der Waals surface area contributed by atoms with Crippen LogP contribution in [0.15, 0.2) is 26.5 Å². The van der Waals surface area contributed by atoms with Gasteiger partial charge in [-0.2, -0.15) is 0 Å². The van der Waals surface area contributed by atoms with Gasteiger partial charge >= 0.3 is 0 Å². The molecule has 96 valence electrons. The number of hydrogen-bond acceptors (Lipinski definition) is 1. The maximum atomic E-state index is 13.6. The highest BCUT2D eigenvalue weighted by Crippen LogP contribution is 2.41. The molecule has 2 rings (SSSR count). The van der Waals surface area contributed by atoms with Crippen molar-refractivity contribution in [3.05, 3.63) is 54.4 Å². The summed E-state index contributed by atoms with van der Waals surface area (Å²) in [5.74, 6) is -2.95. The zero-order chi connectivity index (χ0) is 13.4. The highest BCUT2D eigenvalue weighted by atomic mass is 79.9. The average Bonchev–Trinajstić information content (AvgIpc) is 2.57. The Morgan fingerprint density at radius 2 is 1.61 bits per heavy atom. The molecule has 1 atom stereocenters. The molecule has 1 aromatic carbocycles. The second-order valence-corrected chi connectivity index (χ2v) is 7.11. The molecular weight excluding hydrogens is 416 g/mol. The molecule has 1 heterocycles. The molecule has 0 saturated heterocycles. The molecule has 0 nitrogen and oxygen atoms in total. The molecule has 0 aliphatic carbocycles. The maximum Gasteiger partial charge on any atom is 0.134 e. The summed E-state index contributed by atoms with van der Waals surface area (Å²) in [6.45, 7) is 0. The summed E-state index contributed by atoms with van der Waals surface area (Å²) in [5.41, 5.74) is -0.348. The van der Waals surface area contributed by atoms with Gasteiger partial charge in [-0.1, -0.05) is 0 Å². The van der Waals surface area contributed by atoms with Crippen molar-refractivity contribution in [2.45, 2.75) is 5.38 Å². The van der Waals surface area contributed by atoms with Gasteiger partial charge < -0.3 is 0 Å². The van der Waals surface area contributed by atoms with E-state index in [0.717, 1.165) is 8.26 Å². The van der Waals surface area contributed by atoms with Crippen LogP contribution in [0, 0.1) is 17.5 Å². The van der Waals surface area contributed by atoms with Crippen molar-refractivity contribution in [3.63, 3.8) is 0 Å². The minimum atomic E-state index is -1.00. The second-order valence-electron chi connectivity index (χ2n) is 3.42. The van der Waals surface area contributed by atoms with E-state index in [1.54, 1.807) is 6.07 Å². The zero-order valence-corrected chi connectivity index (χ0v) is 13.2. The third-order valence-electron chi connectivity index (χ3n) is 2.21. The minimum absolute atomic E-state index is 0.348. The van der Waals surface area contributed by atoms with Gasteiger partial charge in [-0.15, -0.1) is 22.9 Å². The van der Waals surface area contributed by atoms with E-state index < -0.39 is 22.8 Å². The van der Waals surface area contributed by atoms with E-state index in [-0.39, 0.29) is 5.56 Å². The molecule has 1 unspecified atom stereocenters. The first-order valence-electron chi connectivity index (χ1n) is 4.63. The Kier molecular flexibility index (Phi) is 4.41. The molecule has 18 heavy (non-hydrogen) atoms. The summed E-state index contributed by atoms with van der Waals surface area (Å²) in [4.78, 5) is 0.555. The zero-order valence-electron chi connectivity index (χ0n) is 8.49. The topological polar surface area (TPSA) is 0 Å². The highest BCUT2D eigenvalue weighted by Gasteiger charge is 2.23. The van der Waals surface area contributed by atoms with Crippen molar-refractivity contribution in [1.29, 1.82) is 0 Å². The number of alkyl halides is 1. The largest absolute Gasteiger partial charge is 0.207 e. The number of hydrogen-bond donors (Lipinski definition) is 0. The standard InChI is InChI=1S/C11H4Br2ClF3S/c12-5-3-8(18-11(5)13)10(14)9-6(16)1-4(15)2-7(9)17/h1-3,10H. The molecule has 0 radical (unpaired) electrons. The monoisotopic (exact) mass is 418 g/mol. The maximum absolute atomic E-state index is 13.6. The van der Waals surface area contributed by atoms with Crippen molar-refractivity contribution in [2.75, 3.05) is 0 Å². The van der Waals surface area contributed by atoms with Gasteiger partial charge in [-0.3, -0.25) is 0 Å². The van der Waals surface area contributed by atoms with E-state index >= 15 is 0 Å². The lowest BCUT2D eigenvalue weighted by atomic mass is 10.1. The molecule has 0 N–H and O–H groups in total. The normalized spacial score (nSPS) is 12.8. The van der Waals surface area contributed by atoms with Gasteiger partial charge in [0.05, 0.1) is 9.16 Å². The summed E-state index contributed by atoms with van der Waals surface area (Å²) >= 11 is 13.8. The van der Waals surface area contributed by atoms with Crippen molar-refractivity contribution < 1.29 is 13.2 Å². The van der Waals surface area contributed by atoms with Crippen LogP contribution in [-0.4, -0.2) is 0 Å². The molecule has 0 saturated carbocycles. The minimum Gasteiger partial charge on any atom is -0.207 e. The molecular formula is C11H4Br2ClF3S. The van der Waals surface area contributed by atoms with Crippen molar-refractivity contribution in [3.8, 4) is 0 Å². The van der Waals surface area contributed by atoms with Crippen LogP contribution in [0.25, 0.3) is 0 Å². The molecule has 0 bridgehead atoms. The van der Waals surface area contributed by atoms with Gasteiger partial charge in [-0.05, 0) is 37.9 Å². The number of benzene rings is 1.